The van der Waals surface area contributed by atoms with Crippen LogP contribution in [-0.4, -0.2) is 67.6 Å². The van der Waals surface area contributed by atoms with Gasteiger partial charge in [-0.25, -0.2) is 0 Å². The predicted octanol–water partition coefficient (Wildman–Crippen LogP) is 1.51. The molecule has 0 aromatic carbocycles. The zero-order valence-electron chi connectivity index (χ0n) is 13.5. The zero-order valence-corrected chi connectivity index (χ0v) is 13.5. The lowest BCUT2D eigenvalue weighted by molar-refractivity contribution is 0.0325. The highest BCUT2D eigenvalue weighted by Crippen LogP contribution is 2.44. The van der Waals surface area contributed by atoms with Crippen LogP contribution in [0.25, 0.3) is 0 Å². The maximum absolute atomic E-state index is 12.5. The average molecular weight is 303 g/mol. The molecule has 1 unspecified atom stereocenters. The Balaban J connectivity index is 1.66. The second kappa shape index (κ2) is 6.34. The molecule has 2 aliphatic heterocycles. The number of methoxy groups -OCH3 is 1. The summed E-state index contributed by atoms with van der Waals surface area (Å²) >= 11 is 0. The molecular weight excluding hydrogens is 278 g/mol. The van der Waals surface area contributed by atoms with Crippen LogP contribution >= 0.6 is 0 Å². The van der Waals surface area contributed by atoms with E-state index >= 15 is 0 Å². The number of carbonyl (C=O) groups is 1. The monoisotopic (exact) mass is 303 g/mol. The molecule has 5 nitrogen and oxygen atoms in total. The van der Waals surface area contributed by atoms with Gasteiger partial charge in [0.25, 0.3) is 5.91 Å². The highest BCUT2D eigenvalue weighted by molar-refractivity contribution is 5.94. The summed E-state index contributed by atoms with van der Waals surface area (Å²) in [7, 11) is 3.97. The molecule has 3 heterocycles. The van der Waals surface area contributed by atoms with E-state index in [1.807, 2.05) is 4.90 Å². The first-order valence-corrected chi connectivity index (χ1v) is 8.01. The van der Waals surface area contributed by atoms with Crippen molar-refractivity contribution >= 4 is 5.91 Å². The number of likely N-dealkylation sites (tertiary alicyclic amines) is 2. The normalized spacial score (nSPS) is 24.8. The van der Waals surface area contributed by atoms with Gasteiger partial charge in [-0.3, -0.25) is 9.78 Å². The standard InChI is InChI=1S/C17H25N3O2/c1-19-11-15(12-22-2)17(13-19)5-9-20(10-6-17)16(21)14-3-7-18-8-4-14/h3-4,7-8,15H,5-6,9-13H2,1-2H3. The number of carbonyl (C=O) groups excluding carboxylic acids is 1. The van der Waals surface area contributed by atoms with Crippen LogP contribution in [0.1, 0.15) is 23.2 Å². The van der Waals surface area contributed by atoms with E-state index < -0.39 is 0 Å². The molecule has 22 heavy (non-hydrogen) atoms. The van der Waals surface area contributed by atoms with Crippen LogP contribution in [0.3, 0.4) is 0 Å². The summed E-state index contributed by atoms with van der Waals surface area (Å²) in [5, 5.41) is 0. The van der Waals surface area contributed by atoms with E-state index in [1.165, 1.54) is 0 Å². The van der Waals surface area contributed by atoms with Crippen LogP contribution in [0.2, 0.25) is 0 Å². The molecule has 1 aromatic rings. The molecule has 1 aromatic heterocycles. The van der Waals surface area contributed by atoms with Gasteiger partial charge in [0.2, 0.25) is 0 Å². The molecule has 5 heteroatoms. The van der Waals surface area contributed by atoms with Crippen LogP contribution < -0.4 is 0 Å². The Morgan fingerprint density at radius 3 is 2.68 bits per heavy atom. The number of aromatic nitrogens is 1. The van der Waals surface area contributed by atoms with Gasteiger partial charge in [-0.2, -0.15) is 0 Å². The second-order valence-corrected chi connectivity index (χ2v) is 6.74. The van der Waals surface area contributed by atoms with Crippen LogP contribution in [0.15, 0.2) is 24.5 Å². The van der Waals surface area contributed by atoms with E-state index in [9.17, 15) is 4.79 Å². The highest BCUT2D eigenvalue weighted by atomic mass is 16.5. The summed E-state index contributed by atoms with van der Waals surface area (Å²) in [6.45, 7) is 4.73. The van der Waals surface area contributed by atoms with E-state index in [1.54, 1.807) is 31.6 Å². The summed E-state index contributed by atoms with van der Waals surface area (Å²) in [6.07, 6.45) is 5.50. The minimum Gasteiger partial charge on any atom is -0.384 e. The van der Waals surface area contributed by atoms with Crippen LogP contribution in [0, 0.1) is 11.3 Å². The van der Waals surface area contributed by atoms with Gasteiger partial charge in [0.15, 0.2) is 0 Å². The topological polar surface area (TPSA) is 45.7 Å². The Hall–Kier alpha value is -1.46. The molecule has 3 rings (SSSR count). The van der Waals surface area contributed by atoms with Gasteiger partial charge in [0, 0.05) is 57.2 Å². The van der Waals surface area contributed by atoms with Crippen molar-refractivity contribution in [3.8, 4) is 0 Å². The first-order chi connectivity index (χ1) is 10.6. The van der Waals surface area contributed by atoms with Crippen molar-refractivity contribution in [2.75, 3.05) is 46.9 Å². The van der Waals surface area contributed by atoms with Crippen LogP contribution in [-0.2, 0) is 4.74 Å². The van der Waals surface area contributed by atoms with Gasteiger partial charge in [-0.05, 0) is 37.4 Å². The fourth-order valence-corrected chi connectivity index (χ4v) is 4.13. The van der Waals surface area contributed by atoms with Gasteiger partial charge in [0.1, 0.15) is 0 Å². The number of pyridine rings is 1. The Morgan fingerprint density at radius 2 is 2.05 bits per heavy atom. The summed E-state index contributed by atoms with van der Waals surface area (Å²) in [6, 6.07) is 3.59. The van der Waals surface area contributed by atoms with Crippen molar-refractivity contribution in [2.45, 2.75) is 12.8 Å². The van der Waals surface area contributed by atoms with Crippen LogP contribution in [0.4, 0.5) is 0 Å². The second-order valence-electron chi connectivity index (χ2n) is 6.74. The summed E-state index contributed by atoms with van der Waals surface area (Å²) in [5.41, 5.74) is 1.06. The first-order valence-electron chi connectivity index (χ1n) is 8.01. The molecule has 0 saturated carbocycles. The molecule has 1 amide bonds. The molecule has 0 N–H and O–H groups in total. The number of amides is 1. The van der Waals surface area contributed by atoms with Crippen molar-refractivity contribution in [3.05, 3.63) is 30.1 Å². The van der Waals surface area contributed by atoms with Gasteiger partial charge in [0.05, 0.1) is 6.61 Å². The first kappa shape index (κ1) is 15.4. The minimum absolute atomic E-state index is 0.131. The number of piperidine rings is 1. The molecule has 120 valence electrons. The third kappa shape index (κ3) is 2.88. The Bertz CT molecular complexity index is 512. The number of hydrogen-bond acceptors (Lipinski definition) is 4. The lowest BCUT2D eigenvalue weighted by Gasteiger charge is -2.42. The van der Waals surface area contributed by atoms with E-state index in [-0.39, 0.29) is 5.91 Å². The van der Waals surface area contributed by atoms with E-state index in [0.717, 1.165) is 51.2 Å². The predicted molar refractivity (Wildman–Crippen MR) is 84.7 cm³/mol. The molecule has 0 aliphatic carbocycles. The third-order valence-corrected chi connectivity index (χ3v) is 5.32. The van der Waals surface area contributed by atoms with Crippen molar-refractivity contribution in [2.24, 2.45) is 11.3 Å². The minimum atomic E-state index is 0.131. The molecule has 0 bridgehead atoms. The average Bonchev–Trinajstić information content (AvgIpc) is 2.84. The third-order valence-electron chi connectivity index (χ3n) is 5.32. The molecule has 2 aliphatic rings. The molecular formula is C17H25N3O2. The van der Waals surface area contributed by atoms with Crippen molar-refractivity contribution in [3.63, 3.8) is 0 Å². The van der Waals surface area contributed by atoms with Gasteiger partial charge >= 0.3 is 0 Å². The number of nitrogens with zero attached hydrogens (tertiary/aromatic N) is 3. The Labute approximate surface area is 132 Å². The maximum atomic E-state index is 12.5. The number of hydrogen-bond donors (Lipinski definition) is 0. The summed E-state index contributed by atoms with van der Waals surface area (Å²) < 4.78 is 5.43. The van der Waals surface area contributed by atoms with Crippen LogP contribution in [0.5, 0.6) is 0 Å². The lowest BCUT2D eigenvalue weighted by Crippen LogP contribution is -2.47. The fourth-order valence-electron chi connectivity index (χ4n) is 4.13. The molecule has 2 saturated heterocycles. The van der Waals surface area contributed by atoms with E-state index in [0.29, 0.717) is 11.3 Å². The Kier molecular flexibility index (Phi) is 4.45. The van der Waals surface area contributed by atoms with Crippen molar-refractivity contribution in [1.29, 1.82) is 0 Å². The summed E-state index contributed by atoms with van der Waals surface area (Å²) in [4.78, 5) is 20.9. The zero-order chi connectivity index (χ0) is 15.6. The van der Waals surface area contributed by atoms with E-state index in [4.69, 9.17) is 4.74 Å². The Morgan fingerprint density at radius 1 is 1.36 bits per heavy atom. The molecule has 2 fully saturated rings. The van der Waals surface area contributed by atoms with Crippen molar-refractivity contribution in [1.82, 2.24) is 14.8 Å². The smallest absolute Gasteiger partial charge is 0.253 e. The largest absolute Gasteiger partial charge is 0.384 e. The van der Waals surface area contributed by atoms with E-state index in [2.05, 4.69) is 16.9 Å². The lowest BCUT2D eigenvalue weighted by atomic mass is 9.71. The fraction of sp³-hybridized carbons (Fsp3) is 0.647. The van der Waals surface area contributed by atoms with Gasteiger partial charge in [-0.15, -0.1) is 0 Å². The SMILES string of the molecule is COCC1CN(C)CC12CCN(C(=O)c1ccncc1)CC2. The number of ether oxygens (including phenoxy) is 1. The van der Waals surface area contributed by atoms with Gasteiger partial charge in [-0.1, -0.05) is 0 Å². The molecule has 1 atom stereocenters. The van der Waals surface area contributed by atoms with Crippen molar-refractivity contribution < 1.29 is 9.53 Å². The quantitative estimate of drug-likeness (QED) is 0.849. The maximum Gasteiger partial charge on any atom is 0.253 e. The molecule has 0 radical (unpaired) electrons. The number of rotatable bonds is 3. The summed E-state index contributed by atoms with van der Waals surface area (Å²) in [5.74, 6) is 0.715. The van der Waals surface area contributed by atoms with Gasteiger partial charge < -0.3 is 14.5 Å². The molecule has 1 spiro atoms. The highest BCUT2D eigenvalue weighted by Gasteiger charge is 2.47.